The van der Waals surface area contributed by atoms with Gasteiger partial charge in [0.15, 0.2) is 5.78 Å². The Labute approximate surface area is 63.9 Å². The number of nitrogens with zero attached hydrogens (tertiary/aromatic N) is 1. The van der Waals surface area contributed by atoms with Crippen LogP contribution in [0.15, 0.2) is 0 Å². The minimum atomic E-state index is 0.0573. The van der Waals surface area contributed by atoms with Crippen LogP contribution in [-0.2, 0) is 0 Å². The quantitative estimate of drug-likeness (QED) is 0.580. The van der Waals surface area contributed by atoms with E-state index in [1.54, 1.807) is 18.3 Å². The third kappa shape index (κ3) is 1.24. The maximum atomic E-state index is 10.8. The molecule has 2 nitrogen and oxygen atoms in total. The summed E-state index contributed by atoms with van der Waals surface area (Å²) in [5, 5.41) is 0.961. The fourth-order valence-electron chi connectivity index (χ4n) is 0.856. The van der Waals surface area contributed by atoms with Crippen molar-refractivity contribution < 1.29 is 4.79 Å². The van der Waals surface area contributed by atoms with E-state index in [0.29, 0.717) is 5.69 Å². The average molecular weight is 155 g/mol. The smallest absolute Gasteiger partial charge is 0.179 e. The maximum absolute atomic E-state index is 10.8. The Morgan fingerprint density at radius 2 is 2.10 bits per heavy atom. The van der Waals surface area contributed by atoms with Crippen LogP contribution in [0.1, 0.15) is 27.3 Å². The summed E-state index contributed by atoms with van der Waals surface area (Å²) in [5.41, 5.74) is 0.627. The van der Waals surface area contributed by atoms with Gasteiger partial charge in [-0.05, 0) is 13.8 Å². The molecule has 0 spiro atoms. The first kappa shape index (κ1) is 7.41. The van der Waals surface area contributed by atoms with E-state index in [2.05, 4.69) is 4.98 Å². The molecule has 0 radical (unpaired) electrons. The summed E-state index contributed by atoms with van der Waals surface area (Å²) in [6.45, 7) is 5.37. The van der Waals surface area contributed by atoms with Crippen molar-refractivity contribution in [2.24, 2.45) is 0 Å². The number of carbonyl (C=O) groups is 1. The van der Waals surface area contributed by atoms with E-state index in [9.17, 15) is 4.79 Å². The van der Waals surface area contributed by atoms with Crippen LogP contribution in [0.25, 0.3) is 0 Å². The molecule has 0 saturated carbocycles. The van der Waals surface area contributed by atoms with Crippen molar-refractivity contribution in [1.29, 1.82) is 0 Å². The van der Waals surface area contributed by atoms with E-state index in [0.717, 1.165) is 9.88 Å². The van der Waals surface area contributed by atoms with E-state index < -0.39 is 0 Å². The Kier molecular flexibility index (Phi) is 1.85. The lowest BCUT2D eigenvalue weighted by molar-refractivity contribution is 0.101. The van der Waals surface area contributed by atoms with E-state index in [4.69, 9.17) is 0 Å². The topological polar surface area (TPSA) is 30.0 Å². The number of aromatic nitrogens is 1. The Bertz CT molecular complexity index is 265. The Morgan fingerprint density at radius 1 is 1.50 bits per heavy atom. The molecule has 10 heavy (non-hydrogen) atoms. The highest BCUT2D eigenvalue weighted by atomic mass is 32.1. The highest BCUT2D eigenvalue weighted by Crippen LogP contribution is 2.16. The minimum Gasteiger partial charge on any atom is -0.293 e. The molecular formula is C7H9NOS. The maximum Gasteiger partial charge on any atom is 0.179 e. The van der Waals surface area contributed by atoms with E-state index >= 15 is 0 Å². The fraction of sp³-hybridized carbons (Fsp3) is 0.429. The van der Waals surface area contributed by atoms with E-state index in [1.807, 2.05) is 13.8 Å². The standard InChI is InChI=1S/C7H9NOS/c1-4(9)7-5(2)10-6(3)8-7/h1-3H3. The highest BCUT2D eigenvalue weighted by molar-refractivity contribution is 7.11. The molecule has 0 amide bonds. The van der Waals surface area contributed by atoms with Gasteiger partial charge < -0.3 is 0 Å². The number of hydrogen-bond acceptors (Lipinski definition) is 3. The molecule has 0 aromatic carbocycles. The van der Waals surface area contributed by atoms with Crippen molar-refractivity contribution in [2.45, 2.75) is 20.8 Å². The van der Waals surface area contributed by atoms with Gasteiger partial charge in [-0.15, -0.1) is 11.3 Å². The van der Waals surface area contributed by atoms with Gasteiger partial charge in [0.25, 0.3) is 0 Å². The predicted octanol–water partition coefficient (Wildman–Crippen LogP) is 1.96. The molecule has 0 bridgehead atoms. The Hall–Kier alpha value is -0.700. The van der Waals surface area contributed by atoms with Gasteiger partial charge in [0.2, 0.25) is 0 Å². The average Bonchev–Trinajstić information content (AvgIpc) is 2.10. The summed E-state index contributed by atoms with van der Waals surface area (Å²) in [6, 6.07) is 0. The van der Waals surface area contributed by atoms with Crippen molar-refractivity contribution >= 4 is 17.1 Å². The lowest BCUT2D eigenvalue weighted by atomic mass is 10.3. The zero-order chi connectivity index (χ0) is 7.72. The molecule has 1 aromatic heterocycles. The molecular weight excluding hydrogens is 146 g/mol. The summed E-state index contributed by atoms with van der Waals surface area (Å²) in [5.74, 6) is 0.0573. The number of thiazole rings is 1. The van der Waals surface area contributed by atoms with Gasteiger partial charge in [0, 0.05) is 11.8 Å². The molecule has 0 fully saturated rings. The number of Topliss-reactive ketones (excluding diaryl/α,β-unsaturated/α-hetero) is 1. The van der Waals surface area contributed by atoms with Crippen LogP contribution in [0.5, 0.6) is 0 Å². The lowest BCUT2D eigenvalue weighted by Gasteiger charge is -1.85. The monoisotopic (exact) mass is 155 g/mol. The lowest BCUT2D eigenvalue weighted by Crippen LogP contribution is -1.93. The van der Waals surface area contributed by atoms with Gasteiger partial charge in [0.1, 0.15) is 5.69 Å². The van der Waals surface area contributed by atoms with Gasteiger partial charge in [-0.25, -0.2) is 4.98 Å². The molecule has 1 rings (SSSR count). The van der Waals surface area contributed by atoms with Gasteiger partial charge >= 0.3 is 0 Å². The molecule has 0 aliphatic rings. The summed E-state index contributed by atoms with van der Waals surface area (Å²) in [7, 11) is 0. The minimum absolute atomic E-state index is 0.0573. The van der Waals surface area contributed by atoms with Gasteiger partial charge in [0.05, 0.1) is 5.01 Å². The van der Waals surface area contributed by atoms with Gasteiger partial charge in [-0.1, -0.05) is 0 Å². The molecule has 0 unspecified atom stereocenters. The van der Waals surface area contributed by atoms with Crippen LogP contribution in [0.4, 0.5) is 0 Å². The van der Waals surface area contributed by atoms with Crippen LogP contribution in [0.2, 0.25) is 0 Å². The zero-order valence-corrected chi connectivity index (χ0v) is 7.08. The number of rotatable bonds is 1. The van der Waals surface area contributed by atoms with Crippen molar-refractivity contribution in [1.82, 2.24) is 4.98 Å². The predicted molar refractivity (Wildman–Crippen MR) is 41.6 cm³/mol. The van der Waals surface area contributed by atoms with Crippen LogP contribution < -0.4 is 0 Å². The third-order valence-corrected chi connectivity index (χ3v) is 2.12. The van der Waals surface area contributed by atoms with E-state index in [1.165, 1.54) is 0 Å². The SMILES string of the molecule is CC(=O)c1nc(C)sc1C. The molecule has 0 aliphatic heterocycles. The highest BCUT2D eigenvalue weighted by Gasteiger charge is 2.07. The van der Waals surface area contributed by atoms with Gasteiger partial charge in [-0.2, -0.15) is 0 Å². The first-order valence-electron chi connectivity index (χ1n) is 3.06. The largest absolute Gasteiger partial charge is 0.293 e. The van der Waals surface area contributed by atoms with Gasteiger partial charge in [-0.3, -0.25) is 4.79 Å². The molecule has 0 N–H and O–H groups in total. The molecule has 3 heteroatoms. The zero-order valence-electron chi connectivity index (χ0n) is 6.26. The Morgan fingerprint density at radius 3 is 2.30 bits per heavy atom. The molecule has 0 atom stereocenters. The summed E-state index contributed by atoms with van der Waals surface area (Å²) >= 11 is 1.57. The number of ketones is 1. The van der Waals surface area contributed by atoms with Crippen LogP contribution in [-0.4, -0.2) is 10.8 Å². The van der Waals surface area contributed by atoms with Crippen molar-refractivity contribution in [3.63, 3.8) is 0 Å². The van der Waals surface area contributed by atoms with Crippen molar-refractivity contribution in [3.05, 3.63) is 15.6 Å². The second-order valence-electron chi connectivity index (χ2n) is 2.19. The first-order valence-corrected chi connectivity index (χ1v) is 3.88. The summed E-state index contributed by atoms with van der Waals surface area (Å²) in [6.07, 6.45) is 0. The van der Waals surface area contributed by atoms with Crippen LogP contribution in [0.3, 0.4) is 0 Å². The normalized spacial score (nSPS) is 9.90. The Balaban J connectivity index is 3.15. The summed E-state index contributed by atoms with van der Waals surface area (Å²) in [4.78, 5) is 15.9. The van der Waals surface area contributed by atoms with E-state index in [-0.39, 0.29) is 5.78 Å². The number of carbonyl (C=O) groups excluding carboxylic acids is 1. The number of hydrogen-bond donors (Lipinski definition) is 0. The second-order valence-corrected chi connectivity index (χ2v) is 3.60. The summed E-state index contributed by atoms with van der Waals surface area (Å²) < 4.78 is 0. The number of aryl methyl sites for hydroxylation is 2. The fourth-order valence-corrected chi connectivity index (χ4v) is 1.72. The van der Waals surface area contributed by atoms with Crippen molar-refractivity contribution in [3.8, 4) is 0 Å². The second kappa shape index (κ2) is 2.50. The molecule has 0 aliphatic carbocycles. The molecule has 1 heterocycles. The molecule has 54 valence electrons. The molecule has 0 saturated heterocycles. The third-order valence-electron chi connectivity index (χ3n) is 1.24. The van der Waals surface area contributed by atoms with Crippen molar-refractivity contribution in [2.75, 3.05) is 0 Å². The molecule has 1 aromatic rings. The first-order chi connectivity index (χ1) is 4.61. The van der Waals surface area contributed by atoms with Crippen LogP contribution >= 0.6 is 11.3 Å². The van der Waals surface area contributed by atoms with Crippen LogP contribution in [0, 0.1) is 13.8 Å².